The van der Waals surface area contributed by atoms with Gasteiger partial charge in [0, 0.05) is 11.6 Å². The second kappa shape index (κ2) is 4.78. The highest BCUT2D eigenvalue weighted by atomic mass is 19.1. The average molecular weight is 234 g/mol. The van der Waals surface area contributed by atoms with Gasteiger partial charge in [0.2, 0.25) is 0 Å². The van der Waals surface area contributed by atoms with Gasteiger partial charge >= 0.3 is 0 Å². The predicted molar refractivity (Wildman–Crippen MR) is 58.8 cm³/mol. The summed E-state index contributed by atoms with van der Waals surface area (Å²) in [5, 5.41) is 6.36. The molecule has 17 heavy (non-hydrogen) atoms. The molecule has 2 rings (SSSR count). The van der Waals surface area contributed by atoms with Crippen LogP contribution in [0.25, 0.3) is 0 Å². The molecule has 0 atom stereocenters. The van der Waals surface area contributed by atoms with Gasteiger partial charge < -0.3 is 9.84 Å². The van der Waals surface area contributed by atoms with E-state index in [1.807, 2.05) is 0 Å². The third-order valence-corrected chi connectivity index (χ3v) is 2.21. The lowest BCUT2D eigenvalue weighted by Gasteiger charge is -2.02. The number of benzene rings is 1. The third kappa shape index (κ3) is 2.90. The van der Waals surface area contributed by atoms with Crippen LogP contribution in [-0.2, 0) is 6.54 Å². The molecule has 1 amide bonds. The minimum atomic E-state index is -0.368. The Hall–Kier alpha value is -2.17. The Labute approximate surface area is 97.4 Å². The molecule has 1 heterocycles. The molecule has 5 heteroatoms. The number of aryl methyl sites for hydroxylation is 1. The molecule has 2 aromatic rings. The molecule has 0 fully saturated rings. The number of hydrogen-bond acceptors (Lipinski definition) is 3. The van der Waals surface area contributed by atoms with E-state index >= 15 is 0 Å². The van der Waals surface area contributed by atoms with Crippen LogP contribution >= 0.6 is 0 Å². The van der Waals surface area contributed by atoms with E-state index in [0.717, 1.165) is 5.69 Å². The highest BCUT2D eigenvalue weighted by Crippen LogP contribution is 2.04. The standard InChI is InChI=1S/C12H11FN2O2/c1-8-6-11(17-15-8)7-14-12(16)9-2-4-10(13)5-3-9/h2-6H,7H2,1H3,(H,14,16). The maximum absolute atomic E-state index is 12.6. The lowest BCUT2D eigenvalue weighted by molar-refractivity contribution is 0.0947. The molecular weight excluding hydrogens is 223 g/mol. The van der Waals surface area contributed by atoms with E-state index in [1.54, 1.807) is 13.0 Å². The molecule has 0 aliphatic heterocycles. The van der Waals surface area contributed by atoms with E-state index < -0.39 is 0 Å². The van der Waals surface area contributed by atoms with Gasteiger partial charge in [0.15, 0.2) is 5.76 Å². The normalized spacial score (nSPS) is 10.2. The molecule has 1 N–H and O–H groups in total. The van der Waals surface area contributed by atoms with Crippen molar-refractivity contribution in [2.75, 3.05) is 0 Å². The van der Waals surface area contributed by atoms with Crippen LogP contribution in [0.15, 0.2) is 34.9 Å². The summed E-state index contributed by atoms with van der Waals surface area (Å²) in [5.41, 5.74) is 1.17. The number of aromatic nitrogens is 1. The number of halogens is 1. The van der Waals surface area contributed by atoms with Crippen molar-refractivity contribution < 1.29 is 13.7 Å². The third-order valence-electron chi connectivity index (χ3n) is 2.21. The van der Waals surface area contributed by atoms with Gasteiger partial charge in [-0.3, -0.25) is 4.79 Å². The summed E-state index contributed by atoms with van der Waals surface area (Å²) in [6.45, 7) is 2.06. The highest BCUT2D eigenvalue weighted by Gasteiger charge is 2.07. The van der Waals surface area contributed by atoms with Crippen molar-refractivity contribution in [3.05, 3.63) is 53.2 Å². The number of rotatable bonds is 3. The van der Waals surface area contributed by atoms with Gasteiger partial charge in [0.1, 0.15) is 5.82 Å². The molecule has 0 unspecified atom stereocenters. The molecular formula is C12H11FN2O2. The van der Waals surface area contributed by atoms with Crippen molar-refractivity contribution in [2.45, 2.75) is 13.5 Å². The Morgan fingerprint density at radius 3 is 2.71 bits per heavy atom. The van der Waals surface area contributed by atoms with Crippen molar-refractivity contribution in [3.63, 3.8) is 0 Å². The van der Waals surface area contributed by atoms with E-state index in [4.69, 9.17) is 4.52 Å². The van der Waals surface area contributed by atoms with Crippen LogP contribution in [0.5, 0.6) is 0 Å². The van der Waals surface area contributed by atoms with Gasteiger partial charge in [-0.25, -0.2) is 4.39 Å². The first-order chi connectivity index (χ1) is 8.15. The zero-order valence-electron chi connectivity index (χ0n) is 9.24. The minimum absolute atomic E-state index is 0.261. The summed E-state index contributed by atoms with van der Waals surface area (Å²) >= 11 is 0. The van der Waals surface area contributed by atoms with Gasteiger partial charge in [-0.15, -0.1) is 0 Å². The Morgan fingerprint density at radius 2 is 2.12 bits per heavy atom. The average Bonchev–Trinajstić information content (AvgIpc) is 2.73. The first-order valence-electron chi connectivity index (χ1n) is 5.11. The number of carbonyl (C=O) groups is 1. The summed E-state index contributed by atoms with van der Waals surface area (Å²) in [4.78, 5) is 11.6. The SMILES string of the molecule is Cc1cc(CNC(=O)c2ccc(F)cc2)on1. The lowest BCUT2D eigenvalue weighted by Crippen LogP contribution is -2.22. The van der Waals surface area contributed by atoms with E-state index in [-0.39, 0.29) is 18.3 Å². The van der Waals surface area contributed by atoms with E-state index in [1.165, 1.54) is 24.3 Å². The number of nitrogens with zero attached hydrogens (tertiary/aromatic N) is 1. The van der Waals surface area contributed by atoms with Crippen molar-refractivity contribution in [1.29, 1.82) is 0 Å². The fraction of sp³-hybridized carbons (Fsp3) is 0.167. The molecule has 0 saturated heterocycles. The highest BCUT2D eigenvalue weighted by molar-refractivity contribution is 5.94. The van der Waals surface area contributed by atoms with Crippen LogP contribution in [0.1, 0.15) is 21.8 Å². The summed E-state index contributed by atoms with van der Waals surface area (Å²) in [6.07, 6.45) is 0. The zero-order valence-corrected chi connectivity index (χ0v) is 9.24. The molecule has 0 saturated carbocycles. The Bertz CT molecular complexity index is 520. The number of carbonyl (C=O) groups excluding carboxylic acids is 1. The maximum atomic E-state index is 12.6. The van der Waals surface area contributed by atoms with Crippen molar-refractivity contribution >= 4 is 5.91 Å². The van der Waals surface area contributed by atoms with Gasteiger partial charge in [-0.1, -0.05) is 5.16 Å². The van der Waals surface area contributed by atoms with Crippen LogP contribution in [0.2, 0.25) is 0 Å². The summed E-state index contributed by atoms with van der Waals surface area (Å²) < 4.78 is 17.6. The van der Waals surface area contributed by atoms with Crippen LogP contribution in [0.3, 0.4) is 0 Å². The fourth-order valence-corrected chi connectivity index (χ4v) is 1.37. The summed E-state index contributed by atoms with van der Waals surface area (Å²) in [5.74, 6) is -0.0653. The van der Waals surface area contributed by atoms with Crippen LogP contribution in [-0.4, -0.2) is 11.1 Å². The number of amides is 1. The smallest absolute Gasteiger partial charge is 0.251 e. The molecule has 0 spiro atoms. The quantitative estimate of drug-likeness (QED) is 0.884. The van der Waals surface area contributed by atoms with Gasteiger partial charge in [-0.2, -0.15) is 0 Å². The van der Waals surface area contributed by atoms with Crippen LogP contribution in [0, 0.1) is 12.7 Å². The Balaban J connectivity index is 1.95. The largest absolute Gasteiger partial charge is 0.359 e. The van der Waals surface area contributed by atoms with Crippen LogP contribution in [0.4, 0.5) is 4.39 Å². The van der Waals surface area contributed by atoms with E-state index in [9.17, 15) is 9.18 Å². The molecule has 1 aromatic carbocycles. The van der Waals surface area contributed by atoms with Crippen molar-refractivity contribution in [2.24, 2.45) is 0 Å². The topological polar surface area (TPSA) is 55.1 Å². The van der Waals surface area contributed by atoms with E-state index in [2.05, 4.69) is 10.5 Å². The number of nitrogens with one attached hydrogen (secondary N) is 1. The first-order valence-corrected chi connectivity index (χ1v) is 5.11. The minimum Gasteiger partial charge on any atom is -0.359 e. The molecule has 0 bridgehead atoms. The maximum Gasteiger partial charge on any atom is 0.251 e. The Morgan fingerprint density at radius 1 is 1.41 bits per heavy atom. The second-order valence-electron chi connectivity index (χ2n) is 3.62. The zero-order chi connectivity index (χ0) is 12.3. The molecule has 0 aliphatic carbocycles. The molecule has 0 radical (unpaired) electrons. The molecule has 0 aliphatic rings. The predicted octanol–water partition coefficient (Wildman–Crippen LogP) is 2.05. The second-order valence-corrected chi connectivity index (χ2v) is 3.62. The molecule has 88 valence electrons. The van der Waals surface area contributed by atoms with Crippen molar-refractivity contribution in [1.82, 2.24) is 10.5 Å². The van der Waals surface area contributed by atoms with Gasteiger partial charge in [-0.05, 0) is 31.2 Å². The van der Waals surface area contributed by atoms with Gasteiger partial charge in [0.25, 0.3) is 5.91 Å². The van der Waals surface area contributed by atoms with Crippen LogP contribution < -0.4 is 5.32 Å². The summed E-state index contributed by atoms with van der Waals surface area (Å²) in [6, 6.07) is 7.08. The van der Waals surface area contributed by atoms with Gasteiger partial charge in [0.05, 0.1) is 12.2 Å². The fourth-order valence-electron chi connectivity index (χ4n) is 1.37. The molecule has 1 aromatic heterocycles. The summed E-state index contributed by atoms with van der Waals surface area (Å²) in [7, 11) is 0. The molecule has 4 nitrogen and oxygen atoms in total. The first kappa shape index (κ1) is 11.3. The monoisotopic (exact) mass is 234 g/mol. The number of hydrogen-bond donors (Lipinski definition) is 1. The van der Waals surface area contributed by atoms with E-state index in [0.29, 0.717) is 11.3 Å². The van der Waals surface area contributed by atoms with Crippen molar-refractivity contribution in [3.8, 4) is 0 Å². The Kier molecular flexibility index (Phi) is 3.18. The lowest BCUT2D eigenvalue weighted by atomic mass is 10.2.